The van der Waals surface area contributed by atoms with E-state index < -0.39 is 10.0 Å². The number of rotatable bonds is 4. The van der Waals surface area contributed by atoms with E-state index in [-0.39, 0.29) is 6.54 Å². The molecule has 21 heavy (non-hydrogen) atoms. The number of hydrogen-bond donors (Lipinski definition) is 1. The average molecular weight is 324 g/mol. The van der Waals surface area contributed by atoms with Crippen molar-refractivity contribution in [1.29, 1.82) is 0 Å². The van der Waals surface area contributed by atoms with Crippen LogP contribution in [0.25, 0.3) is 0 Å². The second-order valence-corrected chi connectivity index (χ2v) is 8.06. The fourth-order valence-corrected chi connectivity index (χ4v) is 5.21. The minimum Gasteiger partial charge on any atom is -0.326 e. The summed E-state index contributed by atoms with van der Waals surface area (Å²) in [6, 6.07) is 5.76. The molecule has 2 aromatic rings. The molecule has 0 amide bonds. The van der Waals surface area contributed by atoms with Crippen molar-refractivity contribution in [1.82, 2.24) is 0 Å². The molecule has 1 aromatic carbocycles. The number of aryl methyl sites for hydroxylation is 3. The quantitative estimate of drug-likeness (QED) is 0.940. The molecule has 4 nitrogen and oxygen atoms in total. The predicted octanol–water partition coefficient (Wildman–Crippen LogP) is 2.96. The molecule has 114 valence electrons. The fourth-order valence-electron chi connectivity index (χ4n) is 2.38. The molecule has 0 aliphatic rings. The maximum atomic E-state index is 12.9. The Morgan fingerprint density at radius 3 is 2.24 bits per heavy atom. The van der Waals surface area contributed by atoms with E-state index in [4.69, 9.17) is 5.73 Å². The van der Waals surface area contributed by atoms with Gasteiger partial charge in [0.1, 0.15) is 4.90 Å². The van der Waals surface area contributed by atoms with Crippen molar-refractivity contribution in [3.63, 3.8) is 0 Å². The third-order valence-corrected chi connectivity index (χ3v) is 6.64. The lowest BCUT2D eigenvalue weighted by molar-refractivity contribution is 0.593. The Kier molecular flexibility index (Phi) is 4.41. The van der Waals surface area contributed by atoms with Crippen LogP contribution in [0.15, 0.2) is 28.5 Å². The number of thiophene rings is 1. The summed E-state index contributed by atoms with van der Waals surface area (Å²) in [6.45, 7) is 5.95. The van der Waals surface area contributed by atoms with Crippen molar-refractivity contribution >= 4 is 27.0 Å². The Balaban J connectivity index is 2.55. The zero-order valence-corrected chi connectivity index (χ0v) is 14.3. The van der Waals surface area contributed by atoms with Crippen molar-refractivity contribution in [2.75, 3.05) is 11.4 Å². The first-order chi connectivity index (χ1) is 9.77. The number of hydrogen-bond acceptors (Lipinski definition) is 4. The van der Waals surface area contributed by atoms with Crippen molar-refractivity contribution < 1.29 is 8.42 Å². The highest BCUT2D eigenvalue weighted by molar-refractivity contribution is 7.93. The molecule has 0 saturated heterocycles. The average Bonchev–Trinajstić information content (AvgIpc) is 2.78. The molecule has 2 rings (SSSR count). The zero-order chi connectivity index (χ0) is 15.8. The Hall–Kier alpha value is -1.37. The van der Waals surface area contributed by atoms with Gasteiger partial charge in [0.15, 0.2) is 0 Å². The molecular formula is C15H20N2O2S2. The van der Waals surface area contributed by atoms with Crippen LogP contribution >= 0.6 is 11.3 Å². The topological polar surface area (TPSA) is 63.4 Å². The molecular weight excluding hydrogens is 304 g/mol. The van der Waals surface area contributed by atoms with E-state index in [9.17, 15) is 8.42 Å². The van der Waals surface area contributed by atoms with Crippen molar-refractivity contribution in [2.45, 2.75) is 32.2 Å². The molecule has 2 N–H and O–H groups in total. The molecule has 0 bridgehead atoms. The highest BCUT2D eigenvalue weighted by atomic mass is 32.2. The minimum absolute atomic E-state index is 0.230. The number of benzene rings is 1. The standard InChI is InChI=1S/C15H20N2O2S2/c1-10-5-11(2)7-13(6-10)17(4)21(18,19)15-12(3)9-20-14(15)8-16/h5-7,9H,8,16H2,1-4H3. The second-order valence-electron chi connectivity index (χ2n) is 5.19. The van der Waals surface area contributed by atoms with Crippen molar-refractivity contribution in [3.8, 4) is 0 Å². The normalized spacial score (nSPS) is 11.7. The Bertz CT molecular complexity index is 744. The van der Waals surface area contributed by atoms with Gasteiger partial charge < -0.3 is 5.73 Å². The second kappa shape index (κ2) is 5.79. The van der Waals surface area contributed by atoms with Crippen LogP contribution < -0.4 is 10.0 Å². The third-order valence-electron chi connectivity index (χ3n) is 3.36. The molecule has 0 fully saturated rings. The van der Waals surface area contributed by atoms with Gasteiger partial charge in [0.05, 0.1) is 5.69 Å². The van der Waals surface area contributed by atoms with Crippen molar-refractivity contribution in [3.05, 3.63) is 45.1 Å². The lowest BCUT2D eigenvalue weighted by Crippen LogP contribution is -2.28. The van der Waals surface area contributed by atoms with Gasteiger partial charge in [-0.05, 0) is 55.0 Å². The molecule has 0 aliphatic heterocycles. The van der Waals surface area contributed by atoms with Gasteiger partial charge in [-0.3, -0.25) is 4.31 Å². The van der Waals surface area contributed by atoms with Gasteiger partial charge in [-0.25, -0.2) is 8.42 Å². The van der Waals surface area contributed by atoms with Crippen LogP contribution in [-0.2, 0) is 16.6 Å². The van der Waals surface area contributed by atoms with E-state index in [1.54, 1.807) is 14.0 Å². The molecule has 0 unspecified atom stereocenters. The summed E-state index contributed by atoms with van der Waals surface area (Å²) in [5, 5.41) is 1.84. The maximum absolute atomic E-state index is 12.9. The Morgan fingerprint density at radius 1 is 1.14 bits per heavy atom. The van der Waals surface area contributed by atoms with E-state index >= 15 is 0 Å². The predicted molar refractivity (Wildman–Crippen MR) is 88.5 cm³/mol. The molecule has 0 aliphatic carbocycles. The minimum atomic E-state index is -3.59. The molecule has 0 atom stereocenters. The van der Waals surface area contributed by atoms with Gasteiger partial charge in [0, 0.05) is 18.5 Å². The first-order valence-electron chi connectivity index (χ1n) is 6.61. The van der Waals surface area contributed by atoms with Crippen molar-refractivity contribution in [2.24, 2.45) is 5.73 Å². The first-order valence-corrected chi connectivity index (χ1v) is 8.93. The lowest BCUT2D eigenvalue weighted by atomic mass is 10.1. The number of anilines is 1. The zero-order valence-electron chi connectivity index (χ0n) is 12.7. The largest absolute Gasteiger partial charge is 0.326 e. The van der Waals surface area contributed by atoms with Crippen LogP contribution in [0, 0.1) is 20.8 Å². The summed E-state index contributed by atoms with van der Waals surface area (Å²) in [4.78, 5) is 1.04. The van der Waals surface area contributed by atoms with Crippen LogP contribution in [0.1, 0.15) is 21.6 Å². The van der Waals surface area contributed by atoms with Crippen LogP contribution in [0.2, 0.25) is 0 Å². The van der Waals surface area contributed by atoms with Gasteiger partial charge in [0.2, 0.25) is 0 Å². The van der Waals surface area contributed by atoms with Gasteiger partial charge in [-0.15, -0.1) is 11.3 Å². The molecule has 0 saturated carbocycles. The Labute approximate surface area is 130 Å². The number of nitrogens with zero attached hydrogens (tertiary/aromatic N) is 1. The maximum Gasteiger partial charge on any atom is 0.265 e. The van der Waals surface area contributed by atoms with E-state index in [2.05, 4.69) is 0 Å². The molecule has 1 aromatic heterocycles. The molecule has 1 heterocycles. The van der Waals surface area contributed by atoms with E-state index in [0.29, 0.717) is 15.5 Å². The van der Waals surface area contributed by atoms with Crippen LogP contribution in [0.3, 0.4) is 0 Å². The monoisotopic (exact) mass is 324 g/mol. The summed E-state index contributed by atoms with van der Waals surface area (Å²) in [7, 11) is -2.01. The molecule has 0 radical (unpaired) electrons. The van der Waals surface area contributed by atoms with E-state index in [0.717, 1.165) is 16.7 Å². The molecule has 0 spiro atoms. The van der Waals surface area contributed by atoms with Gasteiger partial charge in [0.25, 0.3) is 10.0 Å². The van der Waals surface area contributed by atoms with E-state index in [1.807, 2.05) is 37.4 Å². The fraction of sp³-hybridized carbons (Fsp3) is 0.333. The summed E-state index contributed by atoms with van der Waals surface area (Å²) >= 11 is 1.39. The third kappa shape index (κ3) is 2.97. The van der Waals surface area contributed by atoms with Crippen LogP contribution in [-0.4, -0.2) is 15.5 Å². The summed E-state index contributed by atoms with van der Waals surface area (Å²) < 4.78 is 27.1. The smallest absolute Gasteiger partial charge is 0.265 e. The highest BCUT2D eigenvalue weighted by Gasteiger charge is 2.27. The lowest BCUT2D eigenvalue weighted by Gasteiger charge is -2.21. The Morgan fingerprint density at radius 2 is 1.71 bits per heavy atom. The van der Waals surface area contributed by atoms with E-state index in [1.165, 1.54) is 15.6 Å². The summed E-state index contributed by atoms with van der Waals surface area (Å²) in [6.07, 6.45) is 0. The van der Waals surface area contributed by atoms with Gasteiger partial charge in [-0.1, -0.05) is 6.07 Å². The summed E-state index contributed by atoms with van der Waals surface area (Å²) in [5.41, 5.74) is 9.16. The van der Waals surface area contributed by atoms with Crippen LogP contribution in [0.5, 0.6) is 0 Å². The highest BCUT2D eigenvalue weighted by Crippen LogP contribution is 2.31. The van der Waals surface area contributed by atoms with Crippen LogP contribution in [0.4, 0.5) is 5.69 Å². The molecule has 6 heteroatoms. The number of sulfonamides is 1. The summed E-state index contributed by atoms with van der Waals surface area (Å²) in [5.74, 6) is 0. The van der Waals surface area contributed by atoms with Gasteiger partial charge in [-0.2, -0.15) is 0 Å². The first kappa shape index (κ1) is 16.0. The van der Waals surface area contributed by atoms with Gasteiger partial charge >= 0.3 is 0 Å². The SMILES string of the molecule is Cc1cc(C)cc(N(C)S(=O)(=O)c2c(C)csc2CN)c1. The number of nitrogens with two attached hydrogens (primary N) is 1.